The lowest BCUT2D eigenvalue weighted by Gasteiger charge is -2.27. The molecule has 6 nitrogen and oxygen atoms in total. The van der Waals surface area contributed by atoms with Crippen LogP contribution in [0.1, 0.15) is 56.6 Å². The van der Waals surface area contributed by atoms with E-state index in [4.69, 9.17) is 4.74 Å². The van der Waals surface area contributed by atoms with Crippen LogP contribution in [0.5, 0.6) is 5.75 Å². The monoisotopic (exact) mass is 528 g/mol. The van der Waals surface area contributed by atoms with Gasteiger partial charge in [-0.05, 0) is 56.6 Å². The summed E-state index contributed by atoms with van der Waals surface area (Å²) in [5.74, 6) is 2.79. The normalized spacial score (nSPS) is 17.5. The van der Waals surface area contributed by atoms with Crippen LogP contribution in [0.4, 0.5) is 0 Å². The van der Waals surface area contributed by atoms with Gasteiger partial charge in [-0.2, -0.15) is 0 Å². The number of nitrogens with one attached hydrogen (secondary N) is 2. The number of carbonyl (C=O) groups excluding carboxylic acids is 1. The maximum atomic E-state index is 12.0. The summed E-state index contributed by atoms with van der Waals surface area (Å²) in [5, 5.41) is 6.79. The highest BCUT2D eigenvalue weighted by Crippen LogP contribution is 2.30. The molecule has 1 saturated heterocycles. The van der Waals surface area contributed by atoms with Crippen molar-refractivity contribution in [2.24, 2.45) is 10.9 Å². The number of benzene rings is 1. The summed E-state index contributed by atoms with van der Waals surface area (Å²) in [4.78, 5) is 18.4. The lowest BCUT2D eigenvalue weighted by molar-refractivity contribution is -0.129. The Kier molecular flexibility index (Phi) is 10.2. The van der Waals surface area contributed by atoms with Crippen LogP contribution in [0, 0.1) is 12.8 Å². The lowest BCUT2D eigenvalue weighted by Crippen LogP contribution is -2.41. The molecule has 2 aliphatic rings. The van der Waals surface area contributed by atoms with Gasteiger partial charge in [-0.15, -0.1) is 24.0 Å². The molecule has 1 heterocycles. The van der Waals surface area contributed by atoms with E-state index < -0.39 is 0 Å². The molecule has 1 aliphatic carbocycles. The molecule has 2 N–H and O–H groups in total. The second kappa shape index (κ2) is 12.4. The second-order valence-corrected chi connectivity index (χ2v) is 8.26. The van der Waals surface area contributed by atoms with Crippen molar-refractivity contribution >= 4 is 35.8 Å². The van der Waals surface area contributed by atoms with Crippen LogP contribution in [0.25, 0.3) is 0 Å². The summed E-state index contributed by atoms with van der Waals surface area (Å²) in [6, 6.07) is 6.68. The van der Waals surface area contributed by atoms with Crippen LogP contribution in [-0.2, 0) is 11.3 Å². The Labute approximate surface area is 198 Å². The van der Waals surface area contributed by atoms with Crippen molar-refractivity contribution in [3.63, 3.8) is 0 Å². The fraction of sp³-hybridized carbons (Fsp3) is 0.652. The second-order valence-electron chi connectivity index (χ2n) is 8.26. The van der Waals surface area contributed by atoms with E-state index in [2.05, 4.69) is 47.7 Å². The number of rotatable bonds is 10. The molecule has 3 rings (SSSR count). The van der Waals surface area contributed by atoms with Crippen molar-refractivity contribution < 1.29 is 9.53 Å². The molecule has 1 amide bonds. The van der Waals surface area contributed by atoms with E-state index in [9.17, 15) is 4.79 Å². The number of aliphatic imine (C=N–C) groups is 1. The van der Waals surface area contributed by atoms with Crippen molar-refractivity contribution in [2.75, 3.05) is 26.7 Å². The summed E-state index contributed by atoms with van der Waals surface area (Å²) in [7, 11) is 1.79. The minimum atomic E-state index is 0. The topological polar surface area (TPSA) is 66.0 Å². The predicted molar refractivity (Wildman–Crippen MR) is 133 cm³/mol. The number of hydrogen-bond donors (Lipinski definition) is 2. The molecule has 0 radical (unpaired) electrons. The van der Waals surface area contributed by atoms with Crippen LogP contribution in [0.2, 0.25) is 0 Å². The van der Waals surface area contributed by atoms with Gasteiger partial charge < -0.3 is 20.3 Å². The molecule has 1 aromatic carbocycles. The van der Waals surface area contributed by atoms with E-state index in [-0.39, 0.29) is 24.0 Å². The van der Waals surface area contributed by atoms with Crippen molar-refractivity contribution in [2.45, 2.75) is 65.0 Å². The number of amides is 1. The molecule has 0 aromatic heterocycles. The first-order chi connectivity index (χ1) is 14.1. The zero-order chi connectivity index (χ0) is 20.6. The van der Waals surface area contributed by atoms with Crippen molar-refractivity contribution in [3.05, 3.63) is 29.3 Å². The minimum Gasteiger partial charge on any atom is -0.493 e. The van der Waals surface area contributed by atoms with Crippen LogP contribution in [0.15, 0.2) is 23.2 Å². The zero-order valence-corrected chi connectivity index (χ0v) is 20.9. The molecule has 7 heteroatoms. The predicted octanol–water partition coefficient (Wildman–Crippen LogP) is 3.86. The molecule has 1 aromatic rings. The maximum absolute atomic E-state index is 12.0. The third kappa shape index (κ3) is 7.32. The SMILES string of the molecule is CCC(CCNC(=NC)NCc1ccc(C)cc1OCC1CC1)N1CCCC1=O.I. The van der Waals surface area contributed by atoms with Crippen molar-refractivity contribution in [1.29, 1.82) is 0 Å². The summed E-state index contributed by atoms with van der Waals surface area (Å²) in [5.41, 5.74) is 2.36. The average molecular weight is 528 g/mol. The van der Waals surface area contributed by atoms with Gasteiger partial charge in [-0.1, -0.05) is 19.1 Å². The van der Waals surface area contributed by atoms with E-state index in [1.54, 1.807) is 7.05 Å². The Morgan fingerprint density at radius 3 is 2.77 bits per heavy atom. The highest BCUT2D eigenvalue weighted by molar-refractivity contribution is 14.0. The molecule has 1 unspecified atom stereocenters. The molecule has 1 saturated carbocycles. The van der Waals surface area contributed by atoms with Gasteiger partial charge in [0, 0.05) is 44.7 Å². The van der Waals surface area contributed by atoms with Gasteiger partial charge in [0.25, 0.3) is 0 Å². The number of hydrogen-bond acceptors (Lipinski definition) is 3. The first kappa shape index (κ1) is 24.8. The standard InChI is InChI=1S/C23H36N4O2.HI/c1-4-20(27-13-5-6-22(27)28)11-12-25-23(24-3)26-15-19-10-7-17(2)14-21(19)29-16-18-8-9-18;/h7,10,14,18,20H,4-6,8-9,11-13,15-16H2,1-3H3,(H2,24,25,26);1H. The Morgan fingerprint density at radius 2 is 2.13 bits per heavy atom. The molecular formula is C23H37IN4O2. The Bertz CT molecular complexity index is 721. The Balaban J connectivity index is 0.00000320. The third-order valence-corrected chi connectivity index (χ3v) is 5.86. The van der Waals surface area contributed by atoms with Crippen LogP contribution >= 0.6 is 24.0 Å². The fourth-order valence-corrected chi connectivity index (χ4v) is 3.83. The van der Waals surface area contributed by atoms with E-state index in [0.29, 0.717) is 24.9 Å². The van der Waals surface area contributed by atoms with Crippen LogP contribution in [0.3, 0.4) is 0 Å². The largest absolute Gasteiger partial charge is 0.493 e. The van der Waals surface area contributed by atoms with Gasteiger partial charge in [-0.3, -0.25) is 9.79 Å². The summed E-state index contributed by atoms with van der Waals surface area (Å²) >= 11 is 0. The number of halogens is 1. The first-order valence-electron chi connectivity index (χ1n) is 11.1. The van der Waals surface area contributed by atoms with E-state index in [1.165, 1.54) is 18.4 Å². The summed E-state index contributed by atoms with van der Waals surface area (Å²) in [6.07, 6.45) is 6.20. The van der Waals surface area contributed by atoms with Crippen molar-refractivity contribution in [3.8, 4) is 5.75 Å². The summed E-state index contributed by atoms with van der Waals surface area (Å²) < 4.78 is 6.06. The molecule has 0 spiro atoms. The zero-order valence-electron chi connectivity index (χ0n) is 18.6. The number of likely N-dealkylation sites (tertiary alicyclic amines) is 1. The van der Waals surface area contributed by atoms with Gasteiger partial charge in [0.05, 0.1) is 6.61 Å². The highest BCUT2D eigenvalue weighted by Gasteiger charge is 2.26. The number of ether oxygens (including phenoxy) is 1. The summed E-state index contributed by atoms with van der Waals surface area (Å²) in [6.45, 7) is 7.43. The van der Waals surface area contributed by atoms with Gasteiger partial charge in [0.15, 0.2) is 5.96 Å². The number of aryl methyl sites for hydroxylation is 1. The molecule has 1 aliphatic heterocycles. The van der Waals surface area contributed by atoms with Crippen LogP contribution in [-0.4, -0.2) is 49.6 Å². The van der Waals surface area contributed by atoms with E-state index in [1.807, 2.05) is 4.90 Å². The molecule has 1 atom stereocenters. The van der Waals surface area contributed by atoms with Gasteiger partial charge >= 0.3 is 0 Å². The van der Waals surface area contributed by atoms with Gasteiger partial charge in [-0.25, -0.2) is 0 Å². The highest BCUT2D eigenvalue weighted by atomic mass is 127. The fourth-order valence-electron chi connectivity index (χ4n) is 3.83. The Morgan fingerprint density at radius 1 is 1.33 bits per heavy atom. The lowest BCUT2D eigenvalue weighted by atomic mass is 10.1. The van der Waals surface area contributed by atoms with Crippen LogP contribution < -0.4 is 15.4 Å². The van der Waals surface area contributed by atoms with E-state index in [0.717, 1.165) is 62.1 Å². The molecular weight excluding hydrogens is 491 g/mol. The first-order valence-corrected chi connectivity index (χ1v) is 11.1. The third-order valence-electron chi connectivity index (χ3n) is 5.86. The molecule has 2 fully saturated rings. The number of carbonyl (C=O) groups is 1. The van der Waals surface area contributed by atoms with E-state index >= 15 is 0 Å². The van der Waals surface area contributed by atoms with Gasteiger partial charge in [0.1, 0.15) is 5.75 Å². The quantitative estimate of drug-likeness (QED) is 0.275. The number of guanidine groups is 1. The van der Waals surface area contributed by atoms with Gasteiger partial charge in [0.2, 0.25) is 5.91 Å². The average Bonchev–Trinajstić information content (AvgIpc) is 3.46. The Hall–Kier alpha value is -1.51. The minimum absolute atomic E-state index is 0. The van der Waals surface area contributed by atoms with Crippen molar-refractivity contribution in [1.82, 2.24) is 15.5 Å². The maximum Gasteiger partial charge on any atom is 0.222 e. The number of nitrogens with zero attached hydrogens (tertiary/aromatic N) is 2. The smallest absolute Gasteiger partial charge is 0.222 e. The molecule has 30 heavy (non-hydrogen) atoms. The molecule has 0 bridgehead atoms. The molecule has 168 valence electrons.